The maximum absolute atomic E-state index is 12.7. The average molecular weight is 485 g/mol. The highest BCUT2D eigenvalue weighted by molar-refractivity contribution is 5.71. The van der Waals surface area contributed by atoms with Gasteiger partial charge in [0.15, 0.2) is 6.29 Å². The molecule has 2 fully saturated rings. The topological polar surface area (TPSA) is 80.3 Å². The molecule has 0 spiro atoms. The van der Waals surface area contributed by atoms with Gasteiger partial charge in [-0.25, -0.2) is 0 Å². The van der Waals surface area contributed by atoms with Crippen molar-refractivity contribution in [3.8, 4) is 0 Å². The molecule has 7 unspecified atom stereocenters. The van der Waals surface area contributed by atoms with E-state index in [-0.39, 0.29) is 42.0 Å². The number of aliphatic hydroxyl groups is 1. The fraction of sp³-hybridized carbons (Fsp3) is 0.963. The van der Waals surface area contributed by atoms with Gasteiger partial charge in [0.1, 0.15) is 6.10 Å². The van der Waals surface area contributed by atoms with Crippen molar-refractivity contribution in [3.63, 3.8) is 0 Å². The first kappa shape index (κ1) is 29.5. The summed E-state index contributed by atoms with van der Waals surface area (Å²) in [4.78, 5) is 14.8. The third kappa shape index (κ3) is 8.74. The second-order valence-corrected chi connectivity index (χ2v) is 11.9. The summed E-state index contributed by atoms with van der Waals surface area (Å²) in [7, 11) is 3.98. The molecule has 7 heteroatoms. The molecule has 200 valence electrons. The minimum Gasteiger partial charge on any atom is -0.465 e. The van der Waals surface area contributed by atoms with Crippen molar-refractivity contribution < 1.29 is 24.1 Å². The van der Waals surface area contributed by atoms with Crippen LogP contribution in [0.25, 0.3) is 0 Å². The maximum atomic E-state index is 12.7. The van der Waals surface area contributed by atoms with Gasteiger partial charge in [-0.1, -0.05) is 34.6 Å². The molecule has 0 amide bonds. The van der Waals surface area contributed by atoms with Crippen LogP contribution in [0.2, 0.25) is 0 Å². The van der Waals surface area contributed by atoms with E-state index in [0.29, 0.717) is 30.9 Å². The van der Waals surface area contributed by atoms with Crippen molar-refractivity contribution in [2.75, 3.05) is 27.2 Å². The number of hydrogen-bond acceptors (Lipinski definition) is 7. The first-order valence-corrected chi connectivity index (χ1v) is 13.4. The number of carbonyl (C=O) groups is 1. The molecule has 0 aliphatic carbocycles. The summed E-state index contributed by atoms with van der Waals surface area (Å²) in [5.41, 5.74) is 0. The van der Waals surface area contributed by atoms with Crippen LogP contribution < -0.4 is 5.32 Å². The van der Waals surface area contributed by atoms with Crippen LogP contribution >= 0.6 is 0 Å². The Morgan fingerprint density at radius 1 is 0.941 bits per heavy atom. The first-order chi connectivity index (χ1) is 15.9. The third-order valence-corrected chi connectivity index (χ3v) is 7.67. The van der Waals surface area contributed by atoms with E-state index in [0.717, 1.165) is 25.8 Å². The maximum Gasteiger partial charge on any atom is 0.308 e. The molecule has 2 heterocycles. The van der Waals surface area contributed by atoms with Crippen molar-refractivity contribution in [2.24, 2.45) is 29.6 Å². The molecule has 0 aromatic carbocycles. The van der Waals surface area contributed by atoms with Gasteiger partial charge in [0.25, 0.3) is 0 Å². The molecular weight excluding hydrogens is 432 g/mol. The van der Waals surface area contributed by atoms with Crippen LogP contribution in [0.4, 0.5) is 0 Å². The van der Waals surface area contributed by atoms with E-state index in [9.17, 15) is 9.90 Å². The summed E-state index contributed by atoms with van der Waals surface area (Å²) in [6, 6.07) is 0.359. The standard InChI is InChI=1S/C27H52N2O5/c1-16-10-18(3)25(34-27-24(30)23(29(8)9)13-22(7)33-27)19(4)12-20(5)26(31)32-15-17(2)11-21(6)28-14-16/h16-25,27-28,30H,10-15H2,1-9H3/t16?,17?,18?,19?,20?,21?,22-,23+,24-,25?,27+/m1/s1. The average Bonchev–Trinajstić information content (AvgIpc) is 2.75. The Morgan fingerprint density at radius 3 is 2.24 bits per heavy atom. The van der Waals surface area contributed by atoms with Gasteiger partial charge in [0, 0.05) is 12.1 Å². The molecule has 7 nitrogen and oxygen atoms in total. The monoisotopic (exact) mass is 484 g/mol. The lowest BCUT2D eigenvalue weighted by Gasteiger charge is -2.44. The molecule has 2 rings (SSSR count). The number of rotatable bonds is 3. The zero-order valence-electron chi connectivity index (χ0n) is 23.1. The van der Waals surface area contributed by atoms with Crippen molar-refractivity contribution in [1.82, 2.24) is 10.2 Å². The van der Waals surface area contributed by atoms with E-state index < -0.39 is 12.4 Å². The molecular formula is C27H52N2O5. The molecule has 2 aliphatic heterocycles. The van der Waals surface area contributed by atoms with E-state index in [1.807, 2.05) is 27.9 Å². The number of likely N-dealkylation sites (N-methyl/N-ethyl adjacent to an activating group) is 1. The van der Waals surface area contributed by atoms with Gasteiger partial charge in [-0.2, -0.15) is 0 Å². The lowest BCUT2D eigenvalue weighted by atomic mass is 9.82. The molecule has 11 atom stereocenters. The van der Waals surface area contributed by atoms with Gasteiger partial charge in [-0.05, 0) is 83.8 Å². The number of aliphatic hydroxyl groups excluding tert-OH is 1. The highest BCUT2D eigenvalue weighted by Gasteiger charge is 2.41. The summed E-state index contributed by atoms with van der Waals surface area (Å²) in [5, 5.41) is 14.7. The quantitative estimate of drug-likeness (QED) is 0.592. The van der Waals surface area contributed by atoms with E-state index in [2.05, 4.69) is 44.8 Å². The van der Waals surface area contributed by atoms with E-state index >= 15 is 0 Å². The number of nitrogens with one attached hydrogen (secondary N) is 1. The Hall–Kier alpha value is -0.730. The van der Waals surface area contributed by atoms with Crippen molar-refractivity contribution >= 4 is 5.97 Å². The number of nitrogens with zero attached hydrogens (tertiary/aromatic N) is 1. The number of cyclic esters (lactones) is 1. The Bertz CT molecular complexity index is 618. The first-order valence-electron chi connectivity index (χ1n) is 13.4. The lowest BCUT2D eigenvalue weighted by Crippen LogP contribution is -2.55. The van der Waals surface area contributed by atoms with Crippen molar-refractivity contribution in [2.45, 2.75) is 111 Å². The molecule has 2 N–H and O–H groups in total. The fourth-order valence-electron chi connectivity index (χ4n) is 5.80. The van der Waals surface area contributed by atoms with Gasteiger partial charge < -0.3 is 29.5 Å². The van der Waals surface area contributed by atoms with Gasteiger partial charge >= 0.3 is 5.97 Å². The summed E-state index contributed by atoms with van der Waals surface area (Å²) < 4.78 is 18.4. The van der Waals surface area contributed by atoms with Gasteiger partial charge in [0.05, 0.1) is 24.7 Å². The van der Waals surface area contributed by atoms with Crippen LogP contribution in [0.3, 0.4) is 0 Å². The molecule has 0 bridgehead atoms. The minimum absolute atomic E-state index is 0.00849. The second kappa shape index (κ2) is 13.5. The number of ether oxygens (including phenoxy) is 3. The minimum atomic E-state index is -0.717. The van der Waals surface area contributed by atoms with Crippen molar-refractivity contribution in [1.29, 1.82) is 0 Å². The Balaban J connectivity index is 2.22. The summed E-state index contributed by atoms with van der Waals surface area (Å²) in [6.45, 7) is 16.4. The van der Waals surface area contributed by atoms with Crippen LogP contribution in [0, 0.1) is 29.6 Å². The largest absolute Gasteiger partial charge is 0.465 e. The zero-order valence-corrected chi connectivity index (χ0v) is 23.1. The number of esters is 1. The van der Waals surface area contributed by atoms with Crippen LogP contribution in [-0.4, -0.2) is 79.9 Å². The molecule has 0 saturated carbocycles. The molecule has 0 aromatic rings. The van der Waals surface area contributed by atoms with Crippen LogP contribution in [0.5, 0.6) is 0 Å². The molecule has 2 saturated heterocycles. The zero-order chi connectivity index (χ0) is 25.6. The number of carbonyl (C=O) groups excluding carboxylic acids is 1. The highest BCUT2D eigenvalue weighted by Crippen LogP contribution is 2.32. The predicted octanol–water partition coefficient (Wildman–Crippen LogP) is 3.68. The van der Waals surface area contributed by atoms with Crippen LogP contribution in [0.1, 0.15) is 74.1 Å². The van der Waals surface area contributed by atoms with E-state index in [1.54, 1.807) is 0 Å². The van der Waals surface area contributed by atoms with Gasteiger partial charge in [-0.3, -0.25) is 4.79 Å². The second-order valence-electron chi connectivity index (χ2n) is 11.9. The SMILES string of the molecule is CC1COC(=O)C(C)CC(C)C(O[C@@H]2O[C@H](C)C[C@H](N(C)C)[C@H]2O)C(C)CC(C)CNC(C)C1. The molecule has 2 aliphatic rings. The van der Waals surface area contributed by atoms with Crippen LogP contribution in [-0.2, 0) is 19.0 Å². The van der Waals surface area contributed by atoms with E-state index in [4.69, 9.17) is 14.2 Å². The fourth-order valence-corrected chi connectivity index (χ4v) is 5.80. The Kier molecular flexibility index (Phi) is 11.8. The summed E-state index contributed by atoms with van der Waals surface area (Å²) in [5.74, 6) is 0.832. The smallest absolute Gasteiger partial charge is 0.308 e. The Labute approximate surface area is 208 Å². The predicted molar refractivity (Wildman–Crippen MR) is 135 cm³/mol. The summed E-state index contributed by atoms with van der Waals surface area (Å²) >= 11 is 0. The van der Waals surface area contributed by atoms with Crippen molar-refractivity contribution in [3.05, 3.63) is 0 Å². The normalized spacial score (nSPS) is 44.2. The molecule has 0 radical (unpaired) electrons. The molecule has 0 aromatic heterocycles. The van der Waals surface area contributed by atoms with E-state index in [1.165, 1.54) is 0 Å². The van der Waals surface area contributed by atoms with Gasteiger partial charge in [0.2, 0.25) is 0 Å². The van der Waals surface area contributed by atoms with Crippen LogP contribution in [0.15, 0.2) is 0 Å². The third-order valence-electron chi connectivity index (χ3n) is 7.67. The Morgan fingerprint density at radius 2 is 1.59 bits per heavy atom. The summed E-state index contributed by atoms with van der Waals surface area (Å²) in [6.07, 6.45) is 1.91. The molecule has 34 heavy (non-hydrogen) atoms. The number of hydrogen-bond donors (Lipinski definition) is 2. The highest BCUT2D eigenvalue weighted by atomic mass is 16.7. The van der Waals surface area contributed by atoms with Gasteiger partial charge in [-0.15, -0.1) is 0 Å². The lowest BCUT2D eigenvalue weighted by molar-refractivity contribution is -0.279.